The molecule has 9 heteroatoms. The number of aliphatic hydroxyl groups is 4. The number of carbonyl (C=O) groups is 1. The van der Waals surface area contributed by atoms with Gasteiger partial charge < -0.3 is 39.4 Å². The van der Waals surface area contributed by atoms with Crippen LogP contribution in [0, 0.1) is 0 Å². The van der Waals surface area contributed by atoms with Gasteiger partial charge >= 0.3 is 5.97 Å². The van der Waals surface area contributed by atoms with Gasteiger partial charge in [0.15, 0.2) is 6.29 Å². The number of unbranched alkanes of at least 4 members (excludes halogenated alkanes) is 17. The first kappa shape index (κ1) is 44.7. The monoisotopic (exact) mass is 685 g/mol. The zero-order chi connectivity index (χ0) is 35.1. The number of ether oxygens (including phenoxy) is 4. The number of rotatable bonds is 32. The van der Waals surface area contributed by atoms with Crippen LogP contribution < -0.4 is 0 Å². The molecule has 1 heterocycles. The summed E-state index contributed by atoms with van der Waals surface area (Å²) in [5.74, 6) is -0.327. The molecular formula is C39H72O9. The van der Waals surface area contributed by atoms with E-state index in [0.717, 1.165) is 57.8 Å². The Morgan fingerprint density at radius 1 is 0.646 bits per heavy atom. The molecule has 0 radical (unpaired) electrons. The third-order valence-corrected chi connectivity index (χ3v) is 8.84. The second-order valence-electron chi connectivity index (χ2n) is 13.4. The van der Waals surface area contributed by atoms with Crippen molar-refractivity contribution < 1.29 is 44.2 Å². The van der Waals surface area contributed by atoms with Gasteiger partial charge in [-0.3, -0.25) is 4.79 Å². The van der Waals surface area contributed by atoms with E-state index >= 15 is 0 Å². The summed E-state index contributed by atoms with van der Waals surface area (Å²) in [7, 11) is 0. The quantitative estimate of drug-likeness (QED) is 0.0323. The summed E-state index contributed by atoms with van der Waals surface area (Å²) in [6, 6.07) is 0. The highest BCUT2D eigenvalue weighted by molar-refractivity contribution is 5.69. The molecule has 1 aliphatic heterocycles. The van der Waals surface area contributed by atoms with Gasteiger partial charge in [-0.1, -0.05) is 109 Å². The summed E-state index contributed by atoms with van der Waals surface area (Å²) >= 11 is 0. The molecule has 1 rings (SSSR count). The van der Waals surface area contributed by atoms with Gasteiger partial charge in [0, 0.05) is 13.0 Å². The van der Waals surface area contributed by atoms with Gasteiger partial charge in [-0.05, 0) is 64.2 Å². The molecule has 0 aromatic rings. The molecule has 282 valence electrons. The van der Waals surface area contributed by atoms with Crippen LogP contribution >= 0.6 is 0 Å². The van der Waals surface area contributed by atoms with Crippen LogP contribution in [0.3, 0.4) is 0 Å². The average Bonchev–Trinajstić information content (AvgIpc) is 3.08. The van der Waals surface area contributed by atoms with Crippen LogP contribution in [0.15, 0.2) is 24.3 Å². The second kappa shape index (κ2) is 31.6. The molecule has 6 unspecified atom stereocenters. The van der Waals surface area contributed by atoms with Crippen LogP contribution in [-0.2, 0) is 23.7 Å². The minimum Gasteiger partial charge on any atom is -0.457 e. The molecule has 4 N–H and O–H groups in total. The average molecular weight is 685 g/mol. The van der Waals surface area contributed by atoms with Crippen molar-refractivity contribution in [2.24, 2.45) is 0 Å². The van der Waals surface area contributed by atoms with Crippen molar-refractivity contribution in [1.82, 2.24) is 0 Å². The van der Waals surface area contributed by atoms with Crippen molar-refractivity contribution in [1.29, 1.82) is 0 Å². The third kappa shape index (κ3) is 23.1. The van der Waals surface area contributed by atoms with Crippen molar-refractivity contribution in [3.63, 3.8) is 0 Å². The Balaban J connectivity index is 2.34. The Morgan fingerprint density at radius 2 is 1.15 bits per heavy atom. The van der Waals surface area contributed by atoms with Crippen LogP contribution in [0.4, 0.5) is 0 Å². The SMILES string of the molecule is CCCCC/C=C\CCCCCCCCOCC(COC1OC(CO)C(O)C(O)C1O)OC(=O)CCCCCCC/C=C\CCCCC. The molecule has 0 saturated carbocycles. The molecular weight excluding hydrogens is 612 g/mol. The van der Waals surface area contributed by atoms with E-state index in [1.165, 1.54) is 77.0 Å². The lowest BCUT2D eigenvalue weighted by Crippen LogP contribution is -2.59. The summed E-state index contributed by atoms with van der Waals surface area (Å²) in [5, 5.41) is 39.9. The standard InChI is InChI=1S/C39H72O9/c1-3-5-7-9-11-13-15-17-19-21-23-25-27-29-45-31-33(32-46-39-38(44)37(43)36(42)34(30-40)48-39)47-35(41)28-26-24-22-20-18-16-14-12-10-8-6-4-2/h11-14,33-34,36-40,42-44H,3-10,15-32H2,1-2H3/b13-11-,14-12-. The number of hydrogen-bond donors (Lipinski definition) is 4. The molecule has 1 saturated heterocycles. The van der Waals surface area contributed by atoms with Gasteiger partial charge in [0.05, 0.1) is 19.8 Å². The zero-order valence-electron chi connectivity index (χ0n) is 30.5. The summed E-state index contributed by atoms with van der Waals surface area (Å²) in [6.45, 7) is 4.48. The topological polar surface area (TPSA) is 135 Å². The molecule has 48 heavy (non-hydrogen) atoms. The summed E-state index contributed by atoms with van der Waals surface area (Å²) in [4.78, 5) is 12.7. The van der Waals surface area contributed by atoms with E-state index in [1.807, 2.05) is 0 Å². The predicted molar refractivity (Wildman–Crippen MR) is 192 cm³/mol. The fourth-order valence-corrected chi connectivity index (χ4v) is 5.71. The number of carbonyl (C=O) groups excluding carboxylic acids is 1. The molecule has 0 aliphatic carbocycles. The fraction of sp³-hybridized carbons (Fsp3) is 0.872. The van der Waals surface area contributed by atoms with Gasteiger partial charge in [0.1, 0.15) is 30.5 Å². The molecule has 9 nitrogen and oxygen atoms in total. The third-order valence-electron chi connectivity index (χ3n) is 8.84. The van der Waals surface area contributed by atoms with Gasteiger partial charge in [-0.2, -0.15) is 0 Å². The lowest BCUT2D eigenvalue weighted by Gasteiger charge is -2.39. The van der Waals surface area contributed by atoms with E-state index in [-0.39, 0.29) is 19.2 Å². The summed E-state index contributed by atoms with van der Waals surface area (Å²) in [6.07, 6.45) is 26.3. The minimum absolute atomic E-state index is 0.118. The van der Waals surface area contributed by atoms with E-state index in [2.05, 4.69) is 38.2 Å². The zero-order valence-corrected chi connectivity index (χ0v) is 30.5. The van der Waals surface area contributed by atoms with E-state index in [1.54, 1.807) is 0 Å². The van der Waals surface area contributed by atoms with E-state index in [4.69, 9.17) is 18.9 Å². The molecule has 1 aliphatic rings. The molecule has 1 fully saturated rings. The van der Waals surface area contributed by atoms with Crippen LogP contribution in [0.25, 0.3) is 0 Å². The van der Waals surface area contributed by atoms with Crippen LogP contribution in [0.1, 0.15) is 155 Å². The van der Waals surface area contributed by atoms with Gasteiger partial charge in [0.2, 0.25) is 0 Å². The highest BCUT2D eigenvalue weighted by Crippen LogP contribution is 2.22. The maximum absolute atomic E-state index is 12.7. The number of esters is 1. The Kier molecular flexibility index (Phi) is 29.5. The Hall–Kier alpha value is -1.33. The van der Waals surface area contributed by atoms with Gasteiger partial charge in [-0.15, -0.1) is 0 Å². The van der Waals surface area contributed by atoms with E-state index < -0.39 is 43.4 Å². The fourth-order valence-electron chi connectivity index (χ4n) is 5.71. The van der Waals surface area contributed by atoms with Crippen molar-refractivity contribution in [3.05, 3.63) is 24.3 Å². The molecule has 0 spiro atoms. The first-order chi connectivity index (χ1) is 23.4. The minimum atomic E-state index is -1.54. The van der Waals surface area contributed by atoms with Crippen molar-refractivity contribution in [2.75, 3.05) is 26.4 Å². The predicted octanol–water partition coefficient (Wildman–Crippen LogP) is 7.47. The first-order valence-corrected chi connectivity index (χ1v) is 19.4. The van der Waals surface area contributed by atoms with Crippen LogP contribution in [-0.4, -0.2) is 89.6 Å². The molecule has 0 amide bonds. The van der Waals surface area contributed by atoms with Crippen molar-refractivity contribution in [2.45, 2.75) is 192 Å². The van der Waals surface area contributed by atoms with E-state index in [9.17, 15) is 25.2 Å². The lowest BCUT2D eigenvalue weighted by atomic mass is 9.99. The van der Waals surface area contributed by atoms with Gasteiger partial charge in [0.25, 0.3) is 0 Å². The smallest absolute Gasteiger partial charge is 0.306 e. The summed E-state index contributed by atoms with van der Waals surface area (Å²) in [5.41, 5.74) is 0. The molecule has 6 atom stereocenters. The number of allylic oxidation sites excluding steroid dienone is 4. The van der Waals surface area contributed by atoms with Crippen molar-refractivity contribution in [3.8, 4) is 0 Å². The maximum atomic E-state index is 12.7. The molecule has 0 aromatic heterocycles. The first-order valence-electron chi connectivity index (χ1n) is 19.4. The van der Waals surface area contributed by atoms with Gasteiger partial charge in [-0.25, -0.2) is 0 Å². The van der Waals surface area contributed by atoms with Crippen LogP contribution in [0.5, 0.6) is 0 Å². The molecule has 0 aromatic carbocycles. The normalized spacial score (nSPS) is 22.2. The van der Waals surface area contributed by atoms with Crippen LogP contribution in [0.2, 0.25) is 0 Å². The Labute approximate surface area is 292 Å². The highest BCUT2D eigenvalue weighted by atomic mass is 16.7. The highest BCUT2D eigenvalue weighted by Gasteiger charge is 2.44. The number of aliphatic hydroxyl groups excluding tert-OH is 4. The van der Waals surface area contributed by atoms with E-state index in [0.29, 0.717) is 13.0 Å². The second-order valence-corrected chi connectivity index (χ2v) is 13.4. The Bertz CT molecular complexity index is 787. The number of hydrogen-bond acceptors (Lipinski definition) is 9. The Morgan fingerprint density at radius 3 is 1.69 bits per heavy atom. The van der Waals surface area contributed by atoms with Crippen molar-refractivity contribution >= 4 is 5.97 Å². The molecule has 0 bridgehead atoms. The summed E-state index contributed by atoms with van der Waals surface area (Å²) < 4.78 is 22.7. The largest absolute Gasteiger partial charge is 0.457 e. The maximum Gasteiger partial charge on any atom is 0.306 e. The lowest BCUT2D eigenvalue weighted by molar-refractivity contribution is -0.305.